The summed E-state index contributed by atoms with van der Waals surface area (Å²) in [7, 11) is 1.60. The van der Waals surface area contributed by atoms with Crippen molar-refractivity contribution in [3.8, 4) is 0 Å². The highest BCUT2D eigenvalue weighted by atomic mass is 79.9. The van der Waals surface area contributed by atoms with Gasteiger partial charge in [0.1, 0.15) is 5.82 Å². The van der Waals surface area contributed by atoms with E-state index in [9.17, 15) is 4.79 Å². The van der Waals surface area contributed by atoms with E-state index in [1.807, 2.05) is 18.2 Å². The average Bonchev–Trinajstić information content (AvgIpc) is 2.65. The smallest absolute Gasteiger partial charge is 0.252 e. The zero-order valence-electron chi connectivity index (χ0n) is 13.9. The summed E-state index contributed by atoms with van der Waals surface area (Å²) in [6.45, 7) is 2.53. The average molecular weight is 425 g/mol. The van der Waals surface area contributed by atoms with Gasteiger partial charge in [-0.1, -0.05) is 27.5 Å². The van der Waals surface area contributed by atoms with Crippen molar-refractivity contribution in [3.63, 3.8) is 0 Å². The lowest BCUT2D eigenvalue weighted by molar-refractivity contribution is 0.0937. The van der Waals surface area contributed by atoms with Gasteiger partial charge in [-0.2, -0.15) is 0 Å². The number of anilines is 1. The Balaban J connectivity index is 1.71. The Bertz CT molecular complexity index is 768. The molecule has 0 fully saturated rings. The molecule has 1 N–H and O–H groups in total. The first-order valence-corrected chi connectivity index (χ1v) is 9.21. The molecule has 1 aromatic carbocycles. The van der Waals surface area contributed by atoms with Gasteiger partial charge in [-0.15, -0.1) is 0 Å². The molecule has 1 aliphatic rings. The van der Waals surface area contributed by atoms with Crippen molar-refractivity contribution >= 4 is 39.3 Å². The van der Waals surface area contributed by atoms with Crippen LogP contribution in [-0.4, -0.2) is 37.7 Å². The van der Waals surface area contributed by atoms with Gasteiger partial charge in [0, 0.05) is 42.4 Å². The molecule has 0 saturated carbocycles. The van der Waals surface area contributed by atoms with Crippen molar-refractivity contribution < 1.29 is 9.53 Å². The van der Waals surface area contributed by atoms with Crippen LogP contribution >= 0.6 is 27.5 Å². The van der Waals surface area contributed by atoms with E-state index in [2.05, 4.69) is 31.1 Å². The summed E-state index contributed by atoms with van der Waals surface area (Å²) >= 11 is 9.96. The molecule has 0 radical (unpaired) electrons. The summed E-state index contributed by atoms with van der Waals surface area (Å²) in [6.07, 6.45) is 2.51. The van der Waals surface area contributed by atoms with Crippen LogP contribution in [0.3, 0.4) is 0 Å². The largest absolute Gasteiger partial charge is 0.383 e. The van der Waals surface area contributed by atoms with Crippen LogP contribution in [0.1, 0.15) is 21.5 Å². The van der Waals surface area contributed by atoms with Crippen LogP contribution in [0.4, 0.5) is 5.82 Å². The Hall–Kier alpha value is -1.63. The van der Waals surface area contributed by atoms with Gasteiger partial charge < -0.3 is 15.0 Å². The Kier molecular flexibility index (Phi) is 5.93. The summed E-state index contributed by atoms with van der Waals surface area (Å²) in [5.74, 6) is 0.696. The molecule has 5 nitrogen and oxygen atoms in total. The van der Waals surface area contributed by atoms with Crippen LogP contribution in [-0.2, 0) is 17.7 Å². The van der Waals surface area contributed by atoms with E-state index in [1.165, 1.54) is 5.56 Å². The number of halogens is 2. The van der Waals surface area contributed by atoms with E-state index in [-0.39, 0.29) is 5.91 Å². The van der Waals surface area contributed by atoms with Gasteiger partial charge in [0.25, 0.3) is 5.91 Å². The zero-order chi connectivity index (χ0) is 17.8. The predicted molar refractivity (Wildman–Crippen MR) is 102 cm³/mol. The van der Waals surface area contributed by atoms with E-state index in [1.54, 1.807) is 19.4 Å². The highest BCUT2D eigenvalue weighted by Crippen LogP contribution is 2.33. The summed E-state index contributed by atoms with van der Waals surface area (Å²) in [6, 6.07) is 7.57. The number of hydrogen-bond acceptors (Lipinski definition) is 4. The number of ether oxygens (including phenoxy) is 1. The lowest BCUT2D eigenvalue weighted by Crippen LogP contribution is -2.32. The van der Waals surface area contributed by atoms with Crippen LogP contribution in [0, 0.1) is 0 Å². The van der Waals surface area contributed by atoms with Gasteiger partial charge in [0.2, 0.25) is 0 Å². The molecule has 0 unspecified atom stereocenters. The van der Waals surface area contributed by atoms with Gasteiger partial charge in [-0.3, -0.25) is 4.79 Å². The third kappa shape index (κ3) is 4.14. The van der Waals surface area contributed by atoms with E-state index < -0.39 is 0 Å². The fraction of sp³-hybridized carbons (Fsp3) is 0.333. The predicted octanol–water partition coefficient (Wildman–Crippen LogP) is 3.44. The third-order valence-electron chi connectivity index (χ3n) is 4.22. The Labute approximate surface area is 160 Å². The third-order valence-corrected chi connectivity index (χ3v) is 5.32. The molecule has 0 saturated heterocycles. The van der Waals surface area contributed by atoms with Crippen LogP contribution in [0.5, 0.6) is 0 Å². The quantitative estimate of drug-likeness (QED) is 0.747. The van der Waals surface area contributed by atoms with Gasteiger partial charge >= 0.3 is 0 Å². The summed E-state index contributed by atoms with van der Waals surface area (Å²) in [4.78, 5) is 18.6. The summed E-state index contributed by atoms with van der Waals surface area (Å²) < 4.78 is 6.02. The second-order valence-electron chi connectivity index (χ2n) is 5.81. The van der Waals surface area contributed by atoms with E-state index >= 15 is 0 Å². The molecule has 7 heteroatoms. The molecule has 0 aliphatic carbocycles. The number of methoxy groups -OCH3 is 1. The minimum atomic E-state index is -0.146. The topological polar surface area (TPSA) is 54.5 Å². The number of carbonyl (C=O) groups is 1. The molecular formula is C18H19BrClN3O2. The molecule has 0 spiro atoms. The summed E-state index contributed by atoms with van der Waals surface area (Å²) in [5, 5.41) is 3.56. The number of benzene rings is 1. The fourth-order valence-corrected chi connectivity index (χ4v) is 3.67. The number of carbonyl (C=O) groups excluding carboxylic acids is 1. The number of fused-ring (bicyclic) bond motifs is 1. The van der Waals surface area contributed by atoms with Crippen molar-refractivity contribution in [3.05, 3.63) is 56.6 Å². The highest BCUT2D eigenvalue weighted by Gasteiger charge is 2.21. The number of rotatable bonds is 5. The standard InChI is InChI=1S/C18H19BrClN3O2/c1-25-9-7-21-18(24)12-2-5-17(22-10-12)23-8-6-13-14(11-23)16(20)4-3-15(13)19/h2-5,10H,6-9,11H2,1H3,(H,21,24). The van der Waals surface area contributed by atoms with Gasteiger partial charge in [-0.25, -0.2) is 4.98 Å². The minimum Gasteiger partial charge on any atom is -0.383 e. The first-order valence-electron chi connectivity index (χ1n) is 8.04. The normalized spacial score (nSPS) is 13.5. The van der Waals surface area contributed by atoms with Crippen molar-refractivity contribution in [1.29, 1.82) is 0 Å². The van der Waals surface area contributed by atoms with Crippen molar-refractivity contribution in [2.75, 3.05) is 31.7 Å². The number of aromatic nitrogens is 1. The molecule has 1 amide bonds. The van der Waals surface area contributed by atoms with E-state index in [4.69, 9.17) is 16.3 Å². The molecule has 0 bridgehead atoms. The highest BCUT2D eigenvalue weighted by molar-refractivity contribution is 9.10. The van der Waals surface area contributed by atoms with Crippen molar-refractivity contribution in [1.82, 2.24) is 10.3 Å². The number of nitrogens with zero attached hydrogens (tertiary/aromatic N) is 2. The maximum Gasteiger partial charge on any atom is 0.252 e. The van der Waals surface area contributed by atoms with Gasteiger partial charge in [0.05, 0.1) is 12.2 Å². The lowest BCUT2D eigenvalue weighted by atomic mass is 9.99. The molecule has 132 valence electrons. The molecule has 0 atom stereocenters. The Morgan fingerprint density at radius 1 is 1.36 bits per heavy atom. The molecule has 25 heavy (non-hydrogen) atoms. The lowest BCUT2D eigenvalue weighted by Gasteiger charge is -2.31. The maximum atomic E-state index is 12.0. The molecule has 2 heterocycles. The van der Waals surface area contributed by atoms with E-state index in [0.29, 0.717) is 25.3 Å². The second kappa shape index (κ2) is 8.17. The number of pyridine rings is 1. The first-order chi connectivity index (χ1) is 12.1. The number of nitrogens with one attached hydrogen (secondary N) is 1. The fourth-order valence-electron chi connectivity index (χ4n) is 2.87. The maximum absolute atomic E-state index is 12.0. The first kappa shape index (κ1) is 18.2. The van der Waals surface area contributed by atoms with E-state index in [0.717, 1.165) is 33.8 Å². The Morgan fingerprint density at radius 3 is 2.92 bits per heavy atom. The SMILES string of the molecule is COCCNC(=O)c1ccc(N2CCc3c(Br)ccc(Cl)c3C2)nc1. The van der Waals surface area contributed by atoms with Crippen LogP contribution in [0.25, 0.3) is 0 Å². The minimum absolute atomic E-state index is 0.146. The molecular weight excluding hydrogens is 406 g/mol. The number of hydrogen-bond donors (Lipinski definition) is 1. The van der Waals surface area contributed by atoms with Crippen LogP contribution in [0.15, 0.2) is 34.9 Å². The monoisotopic (exact) mass is 423 g/mol. The zero-order valence-corrected chi connectivity index (χ0v) is 16.2. The van der Waals surface area contributed by atoms with Gasteiger partial charge in [0.15, 0.2) is 0 Å². The molecule has 1 aromatic heterocycles. The molecule has 1 aliphatic heterocycles. The van der Waals surface area contributed by atoms with Crippen molar-refractivity contribution in [2.45, 2.75) is 13.0 Å². The van der Waals surface area contributed by atoms with Crippen LogP contribution in [0.2, 0.25) is 5.02 Å². The van der Waals surface area contributed by atoms with Crippen LogP contribution < -0.4 is 10.2 Å². The van der Waals surface area contributed by atoms with Crippen molar-refractivity contribution in [2.24, 2.45) is 0 Å². The summed E-state index contributed by atoms with van der Waals surface area (Å²) in [5.41, 5.74) is 2.93. The Morgan fingerprint density at radius 2 is 2.20 bits per heavy atom. The molecule has 3 rings (SSSR count). The second-order valence-corrected chi connectivity index (χ2v) is 7.07. The number of amides is 1. The molecule has 2 aromatic rings. The van der Waals surface area contributed by atoms with Gasteiger partial charge in [-0.05, 0) is 41.8 Å².